The molecular weight excluding hydrogens is 448 g/mol. The molecule has 1 atom stereocenters. The molecule has 1 aliphatic heterocycles. The maximum absolute atomic E-state index is 13.4. The second kappa shape index (κ2) is 10.6. The number of anilines is 1. The summed E-state index contributed by atoms with van der Waals surface area (Å²) in [7, 11) is 0. The van der Waals surface area contributed by atoms with Gasteiger partial charge in [-0.15, -0.1) is 0 Å². The molecule has 0 spiro atoms. The van der Waals surface area contributed by atoms with Crippen LogP contribution in [0.25, 0.3) is 0 Å². The van der Waals surface area contributed by atoms with Crippen molar-refractivity contribution >= 4 is 11.6 Å². The fourth-order valence-electron chi connectivity index (χ4n) is 4.20. The van der Waals surface area contributed by atoms with Crippen LogP contribution in [0.1, 0.15) is 29.8 Å². The minimum Gasteiger partial charge on any atom is -0.486 e. The first-order valence-corrected chi connectivity index (χ1v) is 11.7. The number of carbonyl (C=O) groups excluding carboxylic acids is 1. The smallest absolute Gasteiger partial charge is 0.332 e. The van der Waals surface area contributed by atoms with Gasteiger partial charge in [0.25, 0.3) is 5.56 Å². The first-order chi connectivity index (χ1) is 16.9. The molecule has 4 rings (SSSR count). The number of nitrogen functional groups attached to an aromatic ring is 1. The standard InChI is InChI=1S/C26H30N4O5/c1-3-28(15-19-17-34-21-12-8-9-13-22(21)35-19)16-20(31)23-24(27)30(14-18-10-6-5-7-11-18)26(33)29(4-2)25(23)32/h5-13,19H,3-4,14-17,27H2,1-2H3. The number of benzene rings is 2. The van der Waals surface area contributed by atoms with E-state index in [0.717, 1.165) is 10.1 Å². The Kier molecular flexibility index (Phi) is 7.36. The first kappa shape index (κ1) is 24.3. The summed E-state index contributed by atoms with van der Waals surface area (Å²) in [5, 5.41) is 0. The summed E-state index contributed by atoms with van der Waals surface area (Å²) in [6.07, 6.45) is -0.269. The van der Waals surface area contributed by atoms with Gasteiger partial charge in [-0.05, 0) is 31.2 Å². The van der Waals surface area contributed by atoms with Crippen LogP contribution >= 0.6 is 0 Å². The van der Waals surface area contributed by atoms with Gasteiger partial charge < -0.3 is 15.2 Å². The monoisotopic (exact) mass is 478 g/mol. The number of aromatic nitrogens is 2. The molecule has 2 N–H and O–H groups in total. The van der Waals surface area contributed by atoms with Crippen LogP contribution in [0.5, 0.6) is 11.5 Å². The largest absolute Gasteiger partial charge is 0.486 e. The zero-order valence-corrected chi connectivity index (χ0v) is 20.0. The van der Waals surface area contributed by atoms with Crippen LogP contribution in [0, 0.1) is 0 Å². The summed E-state index contributed by atoms with van der Waals surface area (Å²) in [6, 6.07) is 16.7. The van der Waals surface area contributed by atoms with Gasteiger partial charge >= 0.3 is 5.69 Å². The Labute approximate surface area is 203 Å². The van der Waals surface area contributed by atoms with Crippen molar-refractivity contribution in [2.45, 2.75) is 33.0 Å². The van der Waals surface area contributed by atoms with Crippen LogP contribution in [0.4, 0.5) is 5.82 Å². The van der Waals surface area contributed by atoms with Gasteiger partial charge in [-0.2, -0.15) is 0 Å². The van der Waals surface area contributed by atoms with E-state index < -0.39 is 17.0 Å². The molecule has 184 valence electrons. The highest BCUT2D eigenvalue weighted by Gasteiger charge is 2.27. The molecule has 1 unspecified atom stereocenters. The summed E-state index contributed by atoms with van der Waals surface area (Å²) in [4.78, 5) is 41.3. The van der Waals surface area contributed by atoms with Crippen molar-refractivity contribution in [1.29, 1.82) is 0 Å². The van der Waals surface area contributed by atoms with E-state index in [-0.39, 0.29) is 37.1 Å². The fraction of sp³-hybridized carbons (Fsp3) is 0.346. The third-order valence-electron chi connectivity index (χ3n) is 6.09. The molecule has 1 aliphatic rings. The van der Waals surface area contributed by atoms with Gasteiger partial charge in [-0.3, -0.25) is 23.6 Å². The lowest BCUT2D eigenvalue weighted by Gasteiger charge is -2.30. The molecule has 0 amide bonds. The number of ketones is 1. The van der Waals surface area contributed by atoms with Crippen LogP contribution in [0.2, 0.25) is 0 Å². The van der Waals surface area contributed by atoms with Crippen molar-refractivity contribution in [3.05, 3.63) is 86.6 Å². The van der Waals surface area contributed by atoms with Crippen molar-refractivity contribution in [2.75, 3.05) is 32.0 Å². The second-order valence-corrected chi connectivity index (χ2v) is 8.41. The molecule has 0 radical (unpaired) electrons. The Hall–Kier alpha value is -3.85. The summed E-state index contributed by atoms with van der Waals surface area (Å²) < 4.78 is 14.1. The van der Waals surface area contributed by atoms with Gasteiger partial charge in [-0.1, -0.05) is 49.4 Å². The van der Waals surface area contributed by atoms with Crippen molar-refractivity contribution in [2.24, 2.45) is 0 Å². The molecule has 0 saturated carbocycles. The number of carbonyl (C=O) groups is 1. The Bertz CT molecular complexity index is 1320. The van der Waals surface area contributed by atoms with Crippen molar-refractivity contribution < 1.29 is 14.3 Å². The van der Waals surface area contributed by atoms with E-state index in [2.05, 4.69) is 0 Å². The topological polar surface area (TPSA) is 109 Å². The zero-order chi connectivity index (χ0) is 24.9. The van der Waals surface area contributed by atoms with Gasteiger partial charge in [0, 0.05) is 13.1 Å². The Morgan fingerprint density at radius 2 is 1.71 bits per heavy atom. The van der Waals surface area contributed by atoms with E-state index in [0.29, 0.717) is 31.2 Å². The maximum Gasteiger partial charge on any atom is 0.332 e. The van der Waals surface area contributed by atoms with Crippen LogP contribution in [0.15, 0.2) is 64.2 Å². The van der Waals surface area contributed by atoms with Crippen LogP contribution in [-0.4, -0.2) is 52.2 Å². The number of likely N-dealkylation sites (N-methyl/N-ethyl adjacent to an activating group) is 1. The van der Waals surface area contributed by atoms with Gasteiger partial charge in [0.1, 0.15) is 24.1 Å². The second-order valence-electron chi connectivity index (χ2n) is 8.41. The van der Waals surface area contributed by atoms with E-state index in [1.807, 2.05) is 66.4 Å². The van der Waals surface area contributed by atoms with Gasteiger partial charge in [0.05, 0.1) is 13.1 Å². The fourth-order valence-corrected chi connectivity index (χ4v) is 4.20. The number of hydrogen-bond acceptors (Lipinski definition) is 7. The average molecular weight is 479 g/mol. The quantitative estimate of drug-likeness (QED) is 0.469. The summed E-state index contributed by atoms with van der Waals surface area (Å²) in [6.45, 7) is 5.22. The number of hydrogen-bond donors (Lipinski definition) is 1. The van der Waals surface area contributed by atoms with E-state index in [9.17, 15) is 14.4 Å². The zero-order valence-electron chi connectivity index (χ0n) is 20.0. The molecule has 0 bridgehead atoms. The highest BCUT2D eigenvalue weighted by Crippen LogP contribution is 2.31. The number of Topliss-reactive ketones (excluding diaryl/α,β-unsaturated/α-hetero) is 1. The number of nitrogens with zero attached hydrogens (tertiary/aromatic N) is 3. The summed E-state index contributed by atoms with van der Waals surface area (Å²) in [5.41, 5.74) is 5.76. The molecule has 0 saturated heterocycles. The van der Waals surface area contributed by atoms with E-state index in [1.165, 1.54) is 4.57 Å². The summed E-state index contributed by atoms with van der Waals surface area (Å²) in [5.74, 6) is 0.807. The SMILES string of the molecule is CCN(CC(=O)c1c(N)n(Cc2ccccc2)c(=O)n(CC)c1=O)CC1COc2ccccc2O1. The van der Waals surface area contributed by atoms with Crippen LogP contribution in [-0.2, 0) is 13.1 Å². The van der Waals surface area contributed by atoms with Crippen LogP contribution < -0.4 is 26.5 Å². The lowest BCUT2D eigenvalue weighted by molar-refractivity contribution is 0.0572. The van der Waals surface area contributed by atoms with E-state index in [4.69, 9.17) is 15.2 Å². The predicted molar refractivity (Wildman–Crippen MR) is 133 cm³/mol. The van der Waals surface area contributed by atoms with Crippen molar-refractivity contribution in [1.82, 2.24) is 14.0 Å². The molecule has 2 heterocycles. The summed E-state index contributed by atoms with van der Waals surface area (Å²) >= 11 is 0. The third-order valence-corrected chi connectivity index (χ3v) is 6.09. The van der Waals surface area contributed by atoms with Crippen LogP contribution in [0.3, 0.4) is 0 Å². The molecule has 35 heavy (non-hydrogen) atoms. The maximum atomic E-state index is 13.4. The Morgan fingerprint density at radius 1 is 1.03 bits per heavy atom. The number of fused-ring (bicyclic) bond motifs is 1. The molecule has 9 nitrogen and oxygen atoms in total. The first-order valence-electron chi connectivity index (χ1n) is 11.7. The number of rotatable bonds is 9. The van der Waals surface area contributed by atoms with E-state index >= 15 is 0 Å². The number of para-hydroxylation sites is 2. The molecule has 0 aliphatic carbocycles. The van der Waals surface area contributed by atoms with Gasteiger partial charge in [0.2, 0.25) is 0 Å². The lowest BCUT2D eigenvalue weighted by Crippen LogP contribution is -2.46. The minimum absolute atomic E-state index is 0.0370. The van der Waals surface area contributed by atoms with E-state index in [1.54, 1.807) is 6.92 Å². The minimum atomic E-state index is -0.661. The number of nitrogens with two attached hydrogens (primary N) is 1. The Balaban J connectivity index is 1.57. The highest BCUT2D eigenvalue weighted by atomic mass is 16.6. The highest BCUT2D eigenvalue weighted by molar-refractivity contribution is 6.01. The van der Waals surface area contributed by atoms with Gasteiger partial charge in [0.15, 0.2) is 17.3 Å². The van der Waals surface area contributed by atoms with Crippen molar-refractivity contribution in [3.63, 3.8) is 0 Å². The molecular formula is C26H30N4O5. The lowest BCUT2D eigenvalue weighted by atomic mass is 10.1. The normalized spacial score (nSPS) is 14.8. The van der Waals surface area contributed by atoms with Gasteiger partial charge in [-0.25, -0.2) is 4.79 Å². The molecule has 3 aromatic rings. The average Bonchev–Trinajstić information content (AvgIpc) is 2.87. The molecule has 9 heteroatoms. The third kappa shape index (κ3) is 5.14. The van der Waals surface area contributed by atoms with Crippen molar-refractivity contribution in [3.8, 4) is 11.5 Å². The molecule has 1 aromatic heterocycles. The molecule has 2 aromatic carbocycles. The predicted octanol–water partition coefficient (Wildman–Crippen LogP) is 2.00. The number of ether oxygens (including phenoxy) is 2. The Morgan fingerprint density at radius 3 is 2.40 bits per heavy atom. The molecule has 0 fully saturated rings.